The second-order valence-electron chi connectivity index (χ2n) is 4.68. The van der Waals surface area contributed by atoms with E-state index in [0.717, 1.165) is 0 Å². The summed E-state index contributed by atoms with van der Waals surface area (Å²) in [6.45, 7) is 1.80. The van der Waals surface area contributed by atoms with Crippen LogP contribution in [0.5, 0.6) is 5.75 Å². The Labute approximate surface area is 123 Å². The van der Waals surface area contributed by atoms with E-state index < -0.39 is 5.82 Å². The van der Waals surface area contributed by atoms with E-state index in [9.17, 15) is 9.18 Å². The van der Waals surface area contributed by atoms with Crippen molar-refractivity contribution in [1.82, 2.24) is 10.3 Å². The van der Waals surface area contributed by atoms with Gasteiger partial charge in [0.2, 0.25) is 5.91 Å². The highest BCUT2D eigenvalue weighted by molar-refractivity contribution is 5.78. The first-order valence-electron chi connectivity index (χ1n) is 6.63. The summed E-state index contributed by atoms with van der Waals surface area (Å²) in [5, 5.41) is 2.82. The summed E-state index contributed by atoms with van der Waals surface area (Å²) >= 11 is 0. The SMILES string of the molecule is COc1ccc(C(C)NC(=O)Cc2ccccn2)cc1F. The number of carbonyl (C=O) groups is 1. The Morgan fingerprint density at radius 1 is 1.38 bits per heavy atom. The molecule has 0 fully saturated rings. The standard InChI is InChI=1S/C16H17FN2O2/c1-11(12-6-7-15(21-2)14(17)9-12)19-16(20)10-13-5-3-4-8-18-13/h3-9,11H,10H2,1-2H3,(H,19,20). The topological polar surface area (TPSA) is 51.2 Å². The molecule has 0 bridgehead atoms. The largest absolute Gasteiger partial charge is 0.494 e. The van der Waals surface area contributed by atoms with Gasteiger partial charge in [0.15, 0.2) is 11.6 Å². The van der Waals surface area contributed by atoms with Crippen LogP contribution in [0.15, 0.2) is 42.6 Å². The van der Waals surface area contributed by atoms with E-state index in [4.69, 9.17) is 4.74 Å². The minimum Gasteiger partial charge on any atom is -0.494 e. The molecule has 0 saturated heterocycles. The number of nitrogens with one attached hydrogen (secondary N) is 1. The van der Waals surface area contributed by atoms with E-state index in [0.29, 0.717) is 11.3 Å². The van der Waals surface area contributed by atoms with E-state index >= 15 is 0 Å². The Balaban J connectivity index is 1.99. The molecule has 1 unspecified atom stereocenters. The molecule has 4 nitrogen and oxygen atoms in total. The molecule has 2 aromatic rings. The summed E-state index contributed by atoms with van der Waals surface area (Å²) < 4.78 is 18.5. The first-order valence-corrected chi connectivity index (χ1v) is 6.63. The average molecular weight is 288 g/mol. The molecule has 5 heteroatoms. The number of pyridine rings is 1. The summed E-state index contributed by atoms with van der Waals surface area (Å²) in [5.74, 6) is -0.413. The molecule has 110 valence electrons. The Morgan fingerprint density at radius 2 is 2.19 bits per heavy atom. The van der Waals surface area contributed by atoms with Gasteiger partial charge in [-0.15, -0.1) is 0 Å². The molecule has 1 aromatic heterocycles. The van der Waals surface area contributed by atoms with Crippen molar-refractivity contribution in [2.45, 2.75) is 19.4 Å². The lowest BCUT2D eigenvalue weighted by atomic mass is 10.1. The average Bonchev–Trinajstić information content (AvgIpc) is 2.48. The molecule has 1 aromatic carbocycles. The summed E-state index contributed by atoms with van der Waals surface area (Å²) in [4.78, 5) is 16.0. The molecule has 0 aliphatic rings. The number of carbonyl (C=O) groups excluding carboxylic acids is 1. The molecule has 1 amide bonds. The summed E-state index contributed by atoms with van der Waals surface area (Å²) in [6.07, 6.45) is 1.84. The molecule has 0 radical (unpaired) electrons. The van der Waals surface area contributed by atoms with Gasteiger partial charge in [-0.1, -0.05) is 12.1 Å². The third-order valence-corrected chi connectivity index (χ3v) is 3.12. The first kappa shape index (κ1) is 15.0. The van der Waals surface area contributed by atoms with E-state index in [2.05, 4.69) is 10.3 Å². The Bertz CT molecular complexity index is 617. The van der Waals surface area contributed by atoms with E-state index in [1.165, 1.54) is 13.2 Å². The second kappa shape index (κ2) is 6.83. The van der Waals surface area contributed by atoms with Crippen LogP contribution in [0.4, 0.5) is 4.39 Å². The summed E-state index contributed by atoms with van der Waals surface area (Å²) in [7, 11) is 1.41. The summed E-state index contributed by atoms with van der Waals surface area (Å²) in [5.41, 5.74) is 1.38. The molecule has 0 saturated carbocycles. The number of hydrogen-bond donors (Lipinski definition) is 1. The number of halogens is 1. The third kappa shape index (κ3) is 4.02. The fourth-order valence-corrected chi connectivity index (χ4v) is 2.00. The fraction of sp³-hybridized carbons (Fsp3) is 0.250. The van der Waals surface area contributed by atoms with Gasteiger partial charge in [-0.2, -0.15) is 0 Å². The predicted octanol–water partition coefficient (Wildman–Crippen LogP) is 2.65. The zero-order valence-corrected chi connectivity index (χ0v) is 12.0. The van der Waals surface area contributed by atoms with Gasteiger partial charge in [0, 0.05) is 11.9 Å². The number of hydrogen-bond acceptors (Lipinski definition) is 3. The zero-order chi connectivity index (χ0) is 15.2. The van der Waals surface area contributed by atoms with Crippen molar-refractivity contribution in [2.24, 2.45) is 0 Å². The molecule has 1 N–H and O–H groups in total. The molecule has 1 heterocycles. The van der Waals surface area contributed by atoms with Crippen LogP contribution in [0.3, 0.4) is 0 Å². The number of benzene rings is 1. The van der Waals surface area contributed by atoms with Crippen molar-refractivity contribution in [1.29, 1.82) is 0 Å². The van der Waals surface area contributed by atoms with Crippen LogP contribution >= 0.6 is 0 Å². The van der Waals surface area contributed by atoms with Crippen LogP contribution in [-0.4, -0.2) is 18.0 Å². The molecule has 21 heavy (non-hydrogen) atoms. The lowest BCUT2D eigenvalue weighted by molar-refractivity contribution is -0.121. The predicted molar refractivity (Wildman–Crippen MR) is 77.5 cm³/mol. The zero-order valence-electron chi connectivity index (χ0n) is 12.0. The summed E-state index contributed by atoms with van der Waals surface area (Å²) in [6, 6.07) is 9.77. The second-order valence-corrected chi connectivity index (χ2v) is 4.68. The van der Waals surface area contributed by atoms with Crippen molar-refractivity contribution in [3.8, 4) is 5.75 Å². The van der Waals surface area contributed by atoms with Crippen LogP contribution < -0.4 is 10.1 Å². The van der Waals surface area contributed by atoms with Gasteiger partial charge in [-0.3, -0.25) is 9.78 Å². The highest BCUT2D eigenvalue weighted by Gasteiger charge is 2.13. The smallest absolute Gasteiger partial charge is 0.226 e. The number of rotatable bonds is 5. The number of nitrogens with zero attached hydrogens (tertiary/aromatic N) is 1. The fourth-order valence-electron chi connectivity index (χ4n) is 2.00. The third-order valence-electron chi connectivity index (χ3n) is 3.12. The number of methoxy groups -OCH3 is 1. The highest BCUT2D eigenvalue weighted by Crippen LogP contribution is 2.21. The minimum atomic E-state index is -0.444. The highest BCUT2D eigenvalue weighted by atomic mass is 19.1. The van der Waals surface area contributed by atoms with E-state index in [-0.39, 0.29) is 24.1 Å². The van der Waals surface area contributed by atoms with Gasteiger partial charge in [-0.25, -0.2) is 4.39 Å². The molecule has 0 aliphatic carbocycles. The van der Waals surface area contributed by atoms with Crippen molar-refractivity contribution >= 4 is 5.91 Å². The lowest BCUT2D eigenvalue weighted by Crippen LogP contribution is -2.28. The Kier molecular flexibility index (Phi) is 4.87. The number of aromatic nitrogens is 1. The number of amides is 1. The van der Waals surface area contributed by atoms with Crippen molar-refractivity contribution in [2.75, 3.05) is 7.11 Å². The van der Waals surface area contributed by atoms with Gasteiger partial charge in [0.25, 0.3) is 0 Å². The van der Waals surface area contributed by atoms with Crippen molar-refractivity contribution in [3.63, 3.8) is 0 Å². The molecule has 2 rings (SSSR count). The number of ether oxygens (including phenoxy) is 1. The van der Waals surface area contributed by atoms with Crippen LogP contribution in [0.25, 0.3) is 0 Å². The quantitative estimate of drug-likeness (QED) is 0.920. The minimum absolute atomic E-state index is 0.155. The van der Waals surface area contributed by atoms with Crippen LogP contribution in [0.1, 0.15) is 24.2 Å². The molecule has 0 aliphatic heterocycles. The lowest BCUT2D eigenvalue weighted by Gasteiger charge is -2.15. The first-order chi connectivity index (χ1) is 10.1. The molecule has 0 spiro atoms. The van der Waals surface area contributed by atoms with Gasteiger partial charge in [0.1, 0.15) is 0 Å². The monoisotopic (exact) mass is 288 g/mol. The van der Waals surface area contributed by atoms with Gasteiger partial charge in [-0.05, 0) is 36.8 Å². The normalized spacial score (nSPS) is 11.8. The maximum absolute atomic E-state index is 13.6. The van der Waals surface area contributed by atoms with Gasteiger partial charge in [0.05, 0.1) is 19.6 Å². The Morgan fingerprint density at radius 3 is 2.81 bits per heavy atom. The maximum Gasteiger partial charge on any atom is 0.226 e. The molecule has 1 atom stereocenters. The van der Waals surface area contributed by atoms with Gasteiger partial charge >= 0.3 is 0 Å². The van der Waals surface area contributed by atoms with Crippen LogP contribution in [-0.2, 0) is 11.2 Å². The van der Waals surface area contributed by atoms with E-state index in [1.807, 2.05) is 6.07 Å². The van der Waals surface area contributed by atoms with Crippen molar-refractivity contribution in [3.05, 3.63) is 59.7 Å². The van der Waals surface area contributed by atoms with Crippen LogP contribution in [0, 0.1) is 5.82 Å². The molecular formula is C16H17FN2O2. The van der Waals surface area contributed by atoms with Gasteiger partial charge < -0.3 is 10.1 Å². The Hall–Kier alpha value is -2.43. The van der Waals surface area contributed by atoms with Crippen molar-refractivity contribution < 1.29 is 13.9 Å². The maximum atomic E-state index is 13.6. The molecular weight excluding hydrogens is 271 g/mol. The van der Waals surface area contributed by atoms with E-state index in [1.54, 1.807) is 37.4 Å². The van der Waals surface area contributed by atoms with Crippen LogP contribution in [0.2, 0.25) is 0 Å².